The number of hydrogen-bond donors (Lipinski definition) is 2. The first kappa shape index (κ1) is 29.5. The fourth-order valence-corrected chi connectivity index (χ4v) is 4.12. The Morgan fingerprint density at radius 3 is 1.93 bits per heavy atom. The molecular weight excluding hydrogens is 532 g/mol. The van der Waals surface area contributed by atoms with Crippen LogP contribution in [0.3, 0.4) is 0 Å². The van der Waals surface area contributed by atoms with E-state index in [4.69, 9.17) is 20.9 Å². The Morgan fingerprint density at radius 2 is 1.31 bits per heavy atom. The third kappa shape index (κ3) is 9.06. The second-order valence-corrected chi connectivity index (χ2v) is 9.46. The lowest BCUT2D eigenvalue weighted by Gasteiger charge is -2.23. The molecule has 0 aliphatic rings. The number of carbonyl (C=O) groups is 3. The molecule has 4 rings (SSSR count). The number of nitrogens with two attached hydrogens (primary N) is 2. The zero-order chi connectivity index (χ0) is 29.7. The molecule has 0 unspecified atom stereocenters. The van der Waals surface area contributed by atoms with Gasteiger partial charge in [0.2, 0.25) is 0 Å². The van der Waals surface area contributed by atoms with Crippen LogP contribution in [0.4, 0.5) is 5.69 Å². The van der Waals surface area contributed by atoms with E-state index in [1.807, 2.05) is 60.7 Å². The van der Waals surface area contributed by atoms with Crippen LogP contribution in [0.25, 0.3) is 0 Å². The minimum Gasteiger partial charge on any atom is -0.461 e. The minimum atomic E-state index is -0.571. The van der Waals surface area contributed by atoms with E-state index in [0.717, 1.165) is 11.1 Å². The van der Waals surface area contributed by atoms with Crippen LogP contribution in [0.2, 0.25) is 0 Å². The fourth-order valence-electron chi connectivity index (χ4n) is 4.12. The molecule has 0 fully saturated rings. The number of benzene rings is 4. The highest BCUT2D eigenvalue weighted by Crippen LogP contribution is 2.20. The van der Waals surface area contributed by atoms with Crippen LogP contribution in [0.1, 0.15) is 44.7 Å². The molecule has 0 bridgehead atoms. The zero-order valence-electron chi connectivity index (χ0n) is 23.0. The molecule has 4 aromatic rings. The lowest BCUT2D eigenvalue weighted by atomic mass is 10.1. The number of guanidine groups is 1. The molecule has 42 heavy (non-hydrogen) atoms. The van der Waals surface area contributed by atoms with Crippen LogP contribution in [0.5, 0.6) is 5.75 Å². The maximum Gasteiger partial charge on any atom is 0.343 e. The number of carbonyl (C=O) groups excluding carboxylic acids is 3. The molecule has 0 aliphatic carbocycles. The topological polar surface area (TPSA) is 137 Å². The van der Waals surface area contributed by atoms with Crippen molar-refractivity contribution in [2.24, 2.45) is 16.5 Å². The van der Waals surface area contributed by atoms with Crippen molar-refractivity contribution in [1.82, 2.24) is 4.90 Å². The number of ether oxygens (including phenoxy) is 2. The van der Waals surface area contributed by atoms with Gasteiger partial charge in [-0.15, -0.1) is 0 Å². The van der Waals surface area contributed by atoms with E-state index in [0.29, 0.717) is 36.5 Å². The van der Waals surface area contributed by atoms with Crippen LogP contribution >= 0.6 is 0 Å². The van der Waals surface area contributed by atoms with Gasteiger partial charge in [0.1, 0.15) is 12.4 Å². The highest BCUT2D eigenvalue weighted by molar-refractivity contribution is 5.96. The first-order chi connectivity index (χ1) is 20.4. The summed E-state index contributed by atoms with van der Waals surface area (Å²) in [5, 5.41) is 0. The fraction of sp³-hybridized carbons (Fsp3) is 0.152. The molecule has 4 N–H and O–H groups in total. The van der Waals surface area contributed by atoms with Crippen molar-refractivity contribution in [3.05, 3.63) is 131 Å². The van der Waals surface area contributed by atoms with Gasteiger partial charge in [-0.05, 0) is 66.1 Å². The van der Waals surface area contributed by atoms with Crippen molar-refractivity contribution < 1.29 is 23.9 Å². The first-order valence-corrected chi connectivity index (χ1v) is 13.4. The van der Waals surface area contributed by atoms with Gasteiger partial charge in [-0.2, -0.15) is 0 Å². The van der Waals surface area contributed by atoms with Gasteiger partial charge in [-0.1, -0.05) is 60.7 Å². The summed E-state index contributed by atoms with van der Waals surface area (Å²) in [5.74, 6) is -0.853. The highest BCUT2D eigenvalue weighted by atomic mass is 16.5. The van der Waals surface area contributed by atoms with E-state index in [-0.39, 0.29) is 36.4 Å². The SMILES string of the molecule is NC(N)=Nc1ccc(OC(=O)c2ccc(C(=O)N(CCCC(=O)OCc3ccccc3)Cc3ccccc3)cc2)cc1. The van der Waals surface area contributed by atoms with E-state index in [9.17, 15) is 14.4 Å². The van der Waals surface area contributed by atoms with Gasteiger partial charge >= 0.3 is 11.9 Å². The lowest BCUT2D eigenvalue weighted by molar-refractivity contribution is -0.145. The van der Waals surface area contributed by atoms with Gasteiger partial charge in [-0.3, -0.25) is 9.59 Å². The lowest BCUT2D eigenvalue weighted by Crippen LogP contribution is -2.32. The molecule has 0 saturated heterocycles. The Kier molecular flexibility index (Phi) is 10.4. The molecule has 0 aromatic heterocycles. The summed E-state index contributed by atoms with van der Waals surface area (Å²) in [6.07, 6.45) is 0.627. The molecule has 0 saturated carbocycles. The van der Waals surface area contributed by atoms with Crippen LogP contribution in [-0.4, -0.2) is 35.3 Å². The third-order valence-electron chi connectivity index (χ3n) is 6.23. The summed E-state index contributed by atoms with van der Waals surface area (Å²) in [7, 11) is 0. The average molecular weight is 565 g/mol. The highest BCUT2D eigenvalue weighted by Gasteiger charge is 2.18. The van der Waals surface area contributed by atoms with Crippen molar-refractivity contribution in [2.75, 3.05) is 6.54 Å². The van der Waals surface area contributed by atoms with Crippen molar-refractivity contribution in [2.45, 2.75) is 26.0 Å². The van der Waals surface area contributed by atoms with Gasteiger partial charge in [0, 0.05) is 25.1 Å². The predicted molar refractivity (Wildman–Crippen MR) is 160 cm³/mol. The summed E-state index contributed by atoms with van der Waals surface area (Å²) < 4.78 is 10.8. The van der Waals surface area contributed by atoms with E-state index in [1.165, 1.54) is 0 Å². The normalized spacial score (nSPS) is 10.4. The smallest absolute Gasteiger partial charge is 0.343 e. The molecule has 0 spiro atoms. The largest absolute Gasteiger partial charge is 0.461 e. The van der Waals surface area contributed by atoms with E-state index in [2.05, 4.69) is 4.99 Å². The van der Waals surface area contributed by atoms with Crippen molar-refractivity contribution in [1.29, 1.82) is 0 Å². The number of hydrogen-bond acceptors (Lipinski definition) is 6. The van der Waals surface area contributed by atoms with Crippen molar-refractivity contribution >= 4 is 29.5 Å². The quantitative estimate of drug-likeness (QED) is 0.107. The van der Waals surface area contributed by atoms with Gasteiger partial charge in [0.05, 0.1) is 11.3 Å². The number of esters is 2. The molecule has 1 amide bonds. The number of amides is 1. The Labute approximate surface area is 244 Å². The second-order valence-electron chi connectivity index (χ2n) is 9.46. The summed E-state index contributed by atoms with van der Waals surface area (Å²) in [5.41, 5.74) is 13.9. The van der Waals surface area contributed by atoms with Crippen LogP contribution in [0.15, 0.2) is 114 Å². The van der Waals surface area contributed by atoms with E-state index >= 15 is 0 Å². The Morgan fingerprint density at radius 1 is 0.714 bits per heavy atom. The summed E-state index contributed by atoms with van der Waals surface area (Å²) in [6.45, 7) is 0.941. The zero-order valence-corrected chi connectivity index (χ0v) is 23.0. The number of aliphatic imine (C=N–C) groups is 1. The van der Waals surface area contributed by atoms with Crippen molar-refractivity contribution in [3.63, 3.8) is 0 Å². The Hall–Kier alpha value is -5.44. The molecular formula is C33H32N4O5. The molecule has 0 heterocycles. The molecule has 9 nitrogen and oxygen atoms in total. The first-order valence-electron chi connectivity index (χ1n) is 13.4. The Bertz CT molecular complexity index is 1500. The summed E-state index contributed by atoms with van der Waals surface area (Å²) in [4.78, 5) is 44.0. The number of rotatable bonds is 12. The molecule has 214 valence electrons. The van der Waals surface area contributed by atoms with Gasteiger partial charge in [-0.25, -0.2) is 9.79 Å². The summed E-state index contributed by atoms with van der Waals surface area (Å²) >= 11 is 0. The van der Waals surface area contributed by atoms with Crippen molar-refractivity contribution in [3.8, 4) is 5.75 Å². The molecule has 4 aromatic carbocycles. The summed E-state index contributed by atoms with van der Waals surface area (Å²) in [6, 6.07) is 31.8. The molecule has 0 aliphatic heterocycles. The number of nitrogens with zero attached hydrogens (tertiary/aromatic N) is 2. The molecule has 0 radical (unpaired) electrons. The van der Waals surface area contributed by atoms with Crippen LogP contribution in [-0.2, 0) is 22.7 Å². The third-order valence-corrected chi connectivity index (χ3v) is 6.23. The van der Waals surface area contributed by atoms with Crippen LogP contribution < -0.4 is 16.2 Å². The predicted octanol–water partition coefficient (Wildman–Crippen LogP) is 4.98. The molecule has 0 atom stereocenters. The average Bonchev–Trinajstić information content (AvgIpc) is 3.01. The Balaban J connectivity index is 1.36. The van der Waals surface area contributed by atoms with Gasteiger partial charge in [0.25, 0.3) is 5.91 Å². The molecule has 9 heteroatoms. The monoisotopic (exact) mass is 564 g/mol. The standard InChI is InChI=1S/C33H32N4O5/c34-33(35)36-28-17-19-29(20-18-28)42-32(40)27-15-13-26(14-16-27)31(39)37(22-24-8-3-1-4-9-24)21-7-12-30(38)41-23-25-10-5-2-6-11-25/h1-6,8-11,13-20H,7,12,21-23H2,(H4,34,35,36). The van der Waals surface area contributed by atoms with Gasteiger partial charge in [0.15, 0.2) is 5.96 Å². The minimum absolute atomic E-state index is 0.0712. The van der Waals surface area contributed by atoms with E-state index in [1.54, 1.807) is 53.4 Å². The van der Waals surface area contributed by atoms with E-state index < -0.39 is 5.97 Å². The maximum atomic E-state index is 13.5. The van der Waals surface area contributed by atoms with Crippen LogP contribution in [0, 0.1) is 0 Å². The maximum absolute atomic E-state index is 13.5. The van der Waals surface area contributed by atoms with Gasteiger partial charge < -0.3 is 25.8 Å². The second kappa shape index (κ2) is 14.8.